The van der Waals surface area contributed by atoms with E-state index in [1.165, 1.54) is 11.3 Å². The Kier molecular flexibility index (Phi) is 3.87. The molecule has 3 nitrogen and oxygen atoms in total. The van der Waals surface area contributed by atoms with Crippen molar-refractivity contribution in [3.05, 3.63) is 20.3 Å². The molecular weight excluding hydrogens is 254 g/mol. The molecule has 5 heteroatoms. The van der Waals surface area contributed by atoms with E-state index < -0.39 is 12.2 Å². The molecule has 0 saturated heterocycles. The van der Waals surface area contributed by atoms with Crippen molar-refractivity contribution in [2.45, 2.75) is 19.1 Å². The molecule has 0 saturated carbocycles. The second-order valence-electron chi connectivity index (χ2n) is 2.85. The highest BCUT2D eigenvalue weighted by Crippen LogP contribution is 2.32. The average molecular weight is 266 g/mol. The maximum absolute atomic E-state index is 9.59. The molecule has 1 aromatic rings. The van der Waals surface area contributed by atoms with Crippen LogP contribution in [-0.2, 0) is 0 Å². The molecular formula is C8H12BrNO2S. The quantitative estimate of drug-likeness (QED) is 0.769. The molecule has 0 aliphatic heterocycles. The van der Waals surface area contributed by atoms with Crippen LogP contribution in [0.3, 0.4) is 0 Å². The predicted molar refractivity (Wildman–Crippen MR) is 56.8 cm³/mol. The van der Waals surface area contributed by atoms with E-state index in [4.69, 9.17) is 5.73 Å². The van der Waals surface area contributed by atoms with E-state index in [1.54, 1.807) is 0 Å². The fourth-order valence-electron chi connectivity index (χ4n) is 0.948. The van der Waals surface area contributed by atoms with Crippen LogP contribution in [0, 0.1) is 6.92 Å². The van der Waals surface area contributed by atoms with Gasteiger partial charge in [-0.2, -0.15) is 0 Å². The smallest absolute Gasteiger partial charge is 0.115 e. The number of hydrogen-bond donors (Lipinski definition) is 3. The Labute approximate surface area is 89.3 Å². The lowest BCUT2D eigenvalue weighted by Crippen LogP contribution is -2.26. The van der Waals surface area contributed by atoms with Crippen molar-refractivity contribution in [2.75, 3.05) is 6.54 Å². The van der Waals surface area contributed by atoms with Gasteiger partial charge in [0.1, 0.15) is 6.10 Å². The summed E-state index contributed by atoms with van der Waals surface area (Å²) in [6, 6.07) is 1.85. The first-order chi connectivity index (χ1) is 6.06. The number of aryl methyl sites for hydroxylation is 1. The Morgan fingerprint density at radius 3 is 2.62 bits per heavy atom. The molecule has 1 aromatic heterocycles. The minimum absolute atomic E-state index is 0.0652. The minimum atomic E-state index is -0.884. The highest BCUT2D eigenvalue weighted by atomic mass is 79.9. The van der Waals surface area contributed by atoms with Gasteiger partial charge < -0.3 is 15.9 Å². The molecule has 0 fully saturated rings. The van der Waals surface area contributed by atoms with E-state index in [9.17, 15) is 10.2 Å². The second kappa shape index (κ2) is 4.52. The van der Waals surface area contributed by atoms with Gasteiger partial charge in [-0.1, -0.05) is 0 Å². The fraction of sp³-hybridized carbons (Fsp3) is 0.500. The van der Waals surface area contributed by atoms with Crippen LogP contribution >= 0.6 is 27.3 Å². The van der Waals surface area contributed by atoms with Crippen LogP contribution in [-0.4, -0.2) is 22.9 Å². The van der Waals surface area contributed by atoms with Gasteiger partial charge in [0.15, 0.2) is 0 Å². The molecule has 1 heterocycles. The number of rotatable bonds is 3. The molecule has 2 unspecified atom stereocenters. The Bertz CT molecular complexity index is 270. The van der Waals surface area contributed by atoms with Gasteiger partial charge in [0.2, 0.25) is 0 Å². The summed E-state index contributed by atoms with van der Waals surface area (Å²) in [7, 11) is 0. The van der Waals surface area contributed by atoms with Crippen LogP contribution in [0.2, 0.25) is 0 Å². The SMILES string of the molecule is Cc1cc(C(O)C(O)CN)sc1Br. The summed E-state index contributed by atoms with van der Waals surface area (Å²) < 4.78 is 0.978. The van der Waals surface area contributed by atoms with E-state index in [0.29, 0.717) is 0 Å². The number of aliphatic hydroxyl groups excluding tert-OH is 2. The average Bonchev–Trinajstić information content (AvgIpc) is 2.44. The summed E-state index contributed by atoms with van der Waals surface area (Å²) in [5.41, 5.74) is 6.30. The molecule has 13 heavy (non-hydrogen) atoms. The molecule has 0 amide bonds. The number of thiophene rings is 1. The zero-order chi connectivity index (χ0) is 10.0. The molecule has 4 N–H and O–H groups in total. The Morgan fingerprint density at radius 2 is 2.23 bits per heavy atom. The first-order valence-electron chi connectivity index (χ1n) is 3.88. The monoisotopic (exact) mass is 265 g/mol. The van der Waals surface area contributed by atoms with Gasteiger partial charge in [0.25, 0.3) is 0 Å². The number of aliphatic hydroxyl groups is 2. The largest absolute Gasteiger partial charge is 0.389 e. The van der Waals surface area contributed by atoms with Crippen LogP contribution in [0.1, 0.15) is 16.5 Å². The Hall–Kier alpha value is 0.0600. The van der Waals surface area contributed by atoms with Gasteiger partial charge in [0.05, 0.1) is 9.89 Å². The minimum Gasteiger partial charge on any atom is -0.389 e. The zero-order valence-corrected chi connectivity index (χ0v) is 9.60. The lowest BCUT2D eigenvalue weighted by Gasteiger charge is -2.13. The molecule has 0 aliphatic carbocycles. The molecule has 74 valence electrons. The lowest BCUT2D eigenvalue weighted by atomic mass is 10.1. The molecule has 0 spiro atoms. The van der Waals surface area contributed by atoms with E-state index >= 15 is 0 Å². The highest BCUT2D eigenvalue weighted by Gasteiger charge is 2.19. The molecule has 2 atom stereocenters. The van der Waals surface area contributed by atoms with Crippen molar-refractivity contribution in [2.24, 2.45) is 5.73 Å². The van der Waals surface area contributed by atoms with E-state index in [-0.39, 0.29) is 6.54 Å². The molecule has 0 bridgehead atoms. The standard InChI is InChI=1S/C8H12BrNO2S/c1-4-2-6(13-8(4)9)7(12)5(11)3-10/h2,5,7,11-12H,3,10H2,1H3. The van der Waals surface area contributed by atoms with Crippen molar-refractivity contribution in [3.8, 4) is 0 Å². The van der Waals surface area contributed by atoms with Gasteiger partial charge in [-0.3, -0.25) is 0 Å². The maximum Gasteiger partial charge on any atom is 0.115 e. The number of hydrogen-bond acceptors (Lipinski definition) is 4. The fourth-order valence-corrected chi connectivity index (χ4v) is 2.56. The molecule has 0 aromatic carbocycles. The normalized spacial score (nSPS) is 15.8. The summed E-state index contributed by atoms with van der Waals surface area (Å²) in [4.78, 5) is 0.738. The highest BCUT2D eigenvalue weighted by molar-refractivity contribution is 9.11. The van der Waals surface area contributed by atoms with E-state index in [1.807, 2.05) is 13.0 Å². The van der Waals surface area contributed by atoms with Crippen molar-refractivity contribution < 1.29 is 10.2 Å². The van der Waals surface area contributed by atoms with Crippen LogP contribution < -0.4 is 5.73 Å². The number of halogens is 1. The third-order valence-corrected chi connectivity index (χ3v) is 3.98. The van der Waals surface area contributed by atoms with Crippen molar-refractivity contribution >= 4 is 27.3 Å². The van der Waals surface area contributed by atoms with Crippen LogP contribution in [0.25, 0.3) is 0 Å². The van der Waals surface area contributed by atoms with Gasteiger partial charge in [-0.25, -0.2) is 0 Å². The molecule has 0 radical (unpaired) electrons. The topological polar surface area (TPSA) is 66.5 Å². The second-order valence-corrected chi connectivity index (χ2v) is 5.26. The van der Waals surface area contributed by atoms with Gasteiger partial charge in [-0.15, -0.1) is 11.3 Å². The summed E-state index contributed by atoms with van der Waals surface area (Å²) in [5, 5.41) is 18.9. The maximum atomic E-state index is 9.59. The third-order valence-electron chi connectivity index (χ3n) is 1.77. The van der Waals surface area contributed by atoms with Crippen LogP contribution in [0.5, 0.6) is 0 Å². The van der Waals surface area contributed by atoms with Crippen LogP contribution in [0.4, 0.5) is 0 Å². The van der Waals surface area contributed by atoms with Gasteiger partial charge in [-0.05, 0) is 34.5 Å². The first kappa shape index (κ1) is 11.1. The van der Waals surface area contributed by atoms with Crippen molar-refractivity contribution in [1.82, 2.24) is 0 Å². The summed E-state index contributed by atoms with van der Waals surface area (Å²) in [6.07, 6.45) is -1.76. The number of nitrogens with two attached hydrogens (primary N) is 1. The summed E-state index contributed by atoms with van der Waals surface area (Å²) in [6.45, 7) is 2.00. The molecule has 0 aliphatic rings. The Morgan fingerprint density at radius 1 is 1.62 bits per heavy atom. The van der Waals surface area contributed by atoms with Crippen molar-refractivity contribution in [3.63, 3.8) is 0 Å². The predicted octanol–water partition coefficient (Wildman–Crippen LogP) is 1.17. The third kappa shape index (κ3) is 2.51. The van der Waals surface area contributed by atoms with Crippen LogP contribution in [0.15, 0.2) is 9.85 Å². The summed E-state index contributed by atoms with van der Waals surface area (Å²) in [5.74, 6) is 0. The lowest BCUT2D eigenvalue weighted by molar-refractivity contribution is 0.0265. The van der Waals surface area contributed by atoms with E-state index in [0.717, 1.165) is 14.2 Å². The first-order valence-corrected chi connectivity index (χ1v) is 5.49. The zero-order valence-electron chi connectivity index (χ0n) is 7.20. The van der Waals surface area contributed by atoms with Gasteiger partial charge >= 0.3 is 0 Å². The summed E-state index contributed by atoms with van der Waals surface area (Å²) >= 11 is 4.77. The van der Waals surface area contributed by atoms with Crippen molar-refractivity contribution in [1.29, 1.82) is 0 Å². The van der Waals surface area contributed by atoms with Gasteiger partial charge in [0, 0.05) is 11.4 Å². The van der Waals surface area contributed by atoms with E-state index in [2.05, 4.69) is 15.9 Å². The Balaban J connectivity index is 2.82. The molecule has 1 rings (SSSR count).